The van der Waals surface area contributed by atoms with E-state index in [1.54, 1.807) is 15.5 Å². The summed E-state index contributed by atoms with van der Waals surface area (Å²) in [7, 11) is 1.31. The van der Waals surface area contributed by atoms with E-state index in [4.69, 9.17) is 4.74 Å². The maximum atomic E-state index is 13.5. The van der Waals surface area contributed by atoms with Crippen LogP contribution in [0, 0.1) is 17.8 Å². The quantitative estimate of drug-likeness (QED) is 0.800. The average Bonchev–Trinajstić information content (AvgIpc) is 3.23. The zero-order valence-electron chi connectivity index (χ0n) is 15.5. The molecule has 146 valence electrons. The number of aromatic nitrogens is 1. The van der Waals surface area contributed by atoms with Gasteiger partial charge < -0.3 is 19.3 Å². The maximum Gasteiger partial charge on any atom is 0.328 e. The van der Waals surface area contributed by atoms with Crippen LogP contribution in [0.4, 0.5) is 0 Å². The summed E-state index contributed by atoms with van der Waals surface area (Å²) >= 11 is 0. The van der Waals surface area contributed by atoms with Gasteiger partial charge in [-0.1, -0.05) is 25.3 Å². The second-order valence-corrected chi connectivity index (χ2v) is 7.90. The van der Waals surface area contributed by atoms with Crippen LogP contribution in [0.3, 0.4) is 0 Å². The van der Waals surface area contributed by atoms with Crippen molar-refractivity contribution in [1.29, 1.82) is 0 Å². The van der Waals surface area contributed by atoms with Gasteiger partial charge in [-0.2, -0.15) is 0 Å². The number of carbonyl (C=O) groups is 2. The van der Waals surface area contributed by atoms with E-state index < -0.39 is 17.9 Å². The third-order valence-corrected chi connectivity index (χ3v) is 6.60. The van der Waals surface area contributed by atoms with Crippen molar-refractivity contribution in [2.45, 2.75) is 50.7 Å². The lowest BCUT2D eigenvalue weighted by Crippen LogP contribution is -2.48. The van der Waals surface area contributed by atoms with Crippen LogP contribution in [0.2, 0.25) is 0 Å². The minimum Gasteiger partial charge on any atom is -0.467 e. The summed E-state index contributed by atoms with van der Waals surface area (Å²) < 4.78 is 6.67. The highest BCUT2D eigenvalue weighted by Gasteiger charge is 2.58. The molecule has 4 rings (SSSR count). The van der Waals surface area contributed by atoms with Gasteiger partial charge in [-0.25, -0.2) is 4.79 Å². The molecule has 3 heterocycles. The molecule has 7 heteroatoms. The van der Waals surface area contributed by atoms with Crippen molar-refractivity contribution in [2.75, 3.05) is 13.7 Å². The number of amides is 1. The highest BCUT2D eigenvalue weighted by Crippen LogP contribution is 2.50. The minimum atomic E-state index is -0.798. The Kier molecular flexibility index (Phi) is 4.80. The zero-order valence-corrected chi connectivity index (χ0v) is 15.5. The molecule has 1 aromatic heterocycles. The number of methoxy groups -OCH3 is 1. The summed E-state index contributed by atoms with van der Waals surface area (Å²) in [6.45, 7) is 0.185. The Labute approximate surface area is 157 Å². The van der Waals surface area contributed by atoms with Crippen LogP contribution in [-0.2, 0) is 20.9 Å². The van der Waals surface area contributed by atoms with Crippen molar-refractivity contribution >= 4 is 11.9 Å². The highest BCUT2D eigenvalue weighted by molar-refractivity contribution is 5.87. The number of hydrogen-bond donors (Lipinski definition) is 1. The molecule has 7 nitrogen and oxygen atoms in total. The van der Waals surface area contributed by atoms with Crippen LogP contribution in [0.5, 0.6) is 0 Å². The average molecular weight is 374 g/mol. The van der Waals surface area contributed by atoms with Crippen LogP contribution in [0.15, 0.2) is 23.0 Å². The number of aliphatic hydroxyl groups is 1. The van der Waals surface area contributed by atoms with Crippen molar-refractivity contribution in [1.82, 2.24) is 9.47 Å². The number of fused-ring (bicyclic) bond motifs is 3. The predicted molar refractivity (Wildman–Crippen MR) is 96.7 cm³/mol. The monoisotopic (exact) mass is 374 g/mol. The molecule has 0 spiro atoms. The van der Waals surface area contributed by atoms with Crippen LogP contribution in [0.25, 0.3) is 0 Å². The first kappa shape index (κ1) is 18.2. The number of rotatable bonds is 3. The number of aliphatic hydroxyl groups excluding tert-OH is 1. The highest BCUT2D eigenvalue weighted by atomic mass is 16.5. The Balaban J connectivity index is 1.79. The fourth-order valence-corrected chi connectivity index (χ4v) is 5.33. The molecule has 1 saturated carbocycles. The Morgan fingerprint density at radius 2 is 1.96 bits per heavy atom. The van der Waals surface area contributed by atoms with Gasteiger partial charge in [0.05, 0.1) is 13.2 Å². The largest absolute Gasteiger partial charge is 0.467 e. The van der Waals surface area contributed by atoms with Crippen molar-refractivity contribution in [2.24, 2.45) is 17.8 Å². The van der Waals surface area contributed by atoms with Gasteiger partial charge in [-0.3, -0.25) is 9.59 Å². The molecular weight excluding hydrogens is 348 g/mol. The van der Waals surface area contributed by atoms with Gasteiger partial charge in [-0.05, 0) is 18.9 Å². The molecule has 1 aliphatic carbocycles. The Morgan fingerprint density at radius 1 is 1.22 bits per heavy atom. The minimum absolute atomic E-state index is 0.0409. The smallest absolute Gasteiger partial charge is 0.328 e. The summed E-state index contributed by atoms with van der Waals surface area (Å²) in [5.41, 5.74) is 0.639. The molecule has 2 fully saturated rings. The third-order valence-electron chi connectivity index (χ3n) is 6.60. The van der Waals surface area contributed by atoms with Crippen molar-refractivity contribution in [3.63, 3.8) is 0 Å². The van der Waals surface area contributed by atoms with Gasteiger partial charge in [0.1, 0.15) is 6.04 Å². The van der Waals surface area contributed by atoms with Gasteiger partial charge in [-0.15, -0.1) is 0 Å². The topological polar surface area (TPSA) is 88.8 Å². The molecule has 2 aliphatic heterocycles. The first-order valence-corrected chi connectivity index (χ1v) is 9.79. The van der Waals surface area contributed by atoms with E-state index in [0.717, 1.165) is 37.8 Å². The first-order chi connectivity index (χ1) is 13.1. The molecule has 3 aliphatic rings. The summed E-state index contributed by atoms with van der Waals surface area (Å²) in [5.74, 6) is -1.23. The fraction of sp³-hybridized carbons (Fsp3) is 0.650. The van der Waals surface area contributed by atoms with Crippen molar-refractivity contribution in [3.05, 3.63) is 34.2 Å². The van der Waals surface area contributed by atoms with E-state index in [-0.39, 0.29) is 36.0 Å². The molecule has 0 radical (unpaired) electrons. The molecule has 4 atom stereocenters. The molecule has 0 bridgehead atoms. The first-order valence-electron chi connectivity index (χ1n) is 9.79. The normalized spacial score (nSPS) is 30.1. The molecule has 0 unspecified atom stereocenters. The summed E-state index contributed by atoms with van der Waals surface area (Å²) in [6.07, 6.45) is 4.81. The lowest BCUT2D eigenvalue weighted by atomic mass is 9.87. The predicted octanol–water partition coefficient (Wildman–Crippen LogP) is 1.09. The SMILES string of the molecule is COC(=O)[C@@H]1[C@@H](CO)[C@@H]2Cn3c(cccc3=O)[C@@H]2N1C(=O)C1CCCCC1. The maximum absolute atomic E-state index is 13.5. The van der Waals surface area contributed by atoms with Crippen molar-refractivity contribution in [3.8, 4) is 0 Å². The number of nitrogens with zero attached hydrogens (tertiary/aromatic N) is 2. The van der Waals surface area contributed by atoms with Crippen LogP contribution in [0.1, 0.15) is 43.8 Å². The second-order valence-electron chi connectivity index (χ2n) is 7.90. The summed E-state index contributed by atoms with van der Waals surface area (Å²) in [5, 5.41) is 10.1. The van der Waals surface area contributed by atoms with Crippen LogP contribution in [-0.4, -0.2) is 46.2 Å². The molecular formula is C20H26N2O5. The van der Waals surface area contributed by atoms with E-state index in [1.807, 2.05) is 6.07 Å². The summed E-state index contributed by atoms with van der Waals surface area (Å²) in [4.78, 5) is 40.0. The lowest BCUT2D eigenvalue weighted by Gasteiger charge is -2.34. The number of esters is 1. The van der Waals surface area contributed by atoms with Crippen LogP contribution >= 0.6 is 0 Å². The van der Waals surface area contributed by atoms with E-state index in [0.29, 0.717) is 6.54 Å². The van der Waals surface area contributed by atoms with Crippen LogP contribution < -0.4 is 5.56 Å². The van der Waals surface area contributed by atoms with Gasteiger partial charge in [0.15, 0.2) is 0 Å². The molecule has 0 aromatic carbocycles. The molecule has 27 heavy (non-hydrogen) atoms. The fourth-order valence-electron chi connectivity index (χ4n) is 5.33. The van der Waals surface area contributed by atoms with Gasteiger partial charge in [0.2, 0.25) is 5.91 Å². The van der Waals surface area contributed by atoms with Gasteiger partial charge in [0, 0.05) is 42.7 Å². The molecule has 1 saturated heterocycles. The standard InChI is InChI=1S/C20H26N2O5/c1-27-20(26)18-14(11-23)13-10-21-15(8-5-9-16(21)24)17(13)22(18)19(25)12-6-3-2-4-7-12/h5,8-9,12-14,17-18,23H,2-4,6-7,10-11H2,1H3/t13-,14-,17+,18-/m0/s1. The van der Waals surface area contributed by atoms with E-state index in [2.05, 4.69) is 0 Å². The number of likely N-dealkylation sites (tertiary alicyclic amines) is 1. The number of ether oxygens (including phenoxy) is 1. The van der Waals surface area contributed by atoms with E-state index in [9.17, 15) is 19.5 Å². The number of carbonyl (C=O) groups excluding carboxylic acids is 2. The van der Waals surface area contributed by atoms with E-state index in [1.165, 1.54) is 13.2 Å². The number of pyridine rings is 1. The third kappa shape index (κ3) is 2.79. The Hall–Kier alpha value is -2.15. The Morgan fingerprint density at radius 3 is 2.63 bits per heavy atom. The lowest BCUT2D eigenvalue weighted by molar-refractivity contribution is -0.156. The molecule has 1 N–H and O–H groups in total. The van der Waals surface area contributed by atoms with Gasteiger partial charge >= 0.3 is 5.97 Å². The number of hydrogen-bond acceptors (Lipinski definition) is 5. The van der Waals surface area contributed by atoms with E-state index >= 15 is 0 Å². The van der Waals surface area contributed by atoms with Gasteiger partial charge in [0.25, 0.3) is 5.56 Å². The second kappa shape index (κ2) is 7.11. The van der Waals surface area contributed by atoms with Crippen molar-refractivity contribution < 1.29 is 19.4 Å². The Bertz CT molecular complexity index is 798. The zero-order chi connectivity index (χ0) is 19.1. The molecule has 1 aromatic rings. The molecule has 1 amide bonds. The summed E-state index contributed by atoms with van der Waals surface area (Å²) in [6, 6.07) is 3.88.